The average Bonchev–Trinajstić information content (AvgIpc) is 2.47. The van der Waals surface area contributed by atoms with Crippen molar-refractivity contribution in [3.8, 4) is 0 Å². The summed E-state index contributed by atoms with van der Waals surface area (Å²) >= 11 is 0. The number of likely N-dealkylation sites (tertiary alicyclic amines) is 1. The van der Waals surface area contributed by atoms with Gasteiger partial charge in [0.15, 0.2) is 0 Å². The van der Waals surface area contributed by atoms with Crippen LogP contribution in [0.4, 0.5) is 4.79 Å². The molecular weight excluding hydrogens is 316 g/mol. The molecule has 0 bridgehead atoms. The van der Waals surface area contributed by atoms with Crippen molar-refractivity contribution in [1.82, 2.24) is 19.8 Å². The average molecular weight is 346 g/mol. The van der Waals surface area contributed by atoms with Crippen molar-refractivity contribution in [2.24, 2.45) is 5.92 Å². The lowest BCUT2D eigenvalue weighted by Gasteiger charge is -2.31. The smallest absolute Gasteiger partial charge is 0.315 e. The van der Waals surface area contributed by atoms with Crippen LogP contribution in [0.3, 0.4) is 0 Å². The van der Waals surface area contributed by atoms with Crippen LogP contribution < -0.4 is 10.6 Å². The van der Waals surface area contributed by atoms with Gasteiger partial charge >= 0.3 is 6.03 Å². The molecule has 2 saturated heterocycles. The number of rotatable bonds is 5. The molecule has 8 heteroatoms. The number of amides is 2. The van der Waals surface area contributed by atoms with Crippen LogP contribution in [0.25, 0.3) is 0 Å². The molecule has 0 spiro atoms. The Hall–Kier alpha value is -0.860. The molecule has 23 heavy (non-hydrogen) atoms. The quantitative estimate of drug-likeness (QED) is 0.757. The molecule has 0 saturated carbocycles. The summed E-state index contributed by atoms with van der Waals surface area (Å²) in [6.07, 6.45) is 5.12. The monoisotopic (exact) mass is 346 g/mol. The van der Waals surface area contributed by atoms with Gasteiger partial charge in [0.25, 0.3) is 0 Å². The zero-order valence-electron chi connectivity index (χ0n) is 14.3. The second-order valence-electron chi connectivity index (χ2n) is 6.88. The number of urea groups is 1. The highest BCUT2D eigenvalue weighted by Gasteiger charge is 2.25. The summed E-state index contributed by atoms with van der Waals surface area (Å²) in [7, 11) is -3.11. The minimum Gasteiger partial charge on any atom is -0.337 e. The van der Waals surface area contributed by atoms with Crippen LogP contribution in [0.5, 0.6) is 0 Å². The maximum atomic E-state index is 11.9. The van der Waals surface area contributed by atoms with Crippen LogP contribution in [-0.2, 0) is 10.0 Å². The first-order valence-corrected chi connectivity index (χ1v) is 10.4. The van der Waals surface area contributed by atoms with Gasteiger partial charge in [-0.1, -0.05) is 6.92 Å². The molecule has 7 nitrogen and oxygen atoms in total. The van der Waals surface area contributed by atoms with Gasteiger partial charge in [0, 0.05) is 38.8 Å². The lowest BCUT2D eigenvalue weighted by atomic mass is 10.0. The van der Waals surface area contributed by atoms with E-state index in [-0.39, 0.29) is 12.1 Å². The Morgan fingerprint density at radius 1 is 1.17 bits per heavy atom. The van der Waals surface area contributed by atoms with Crippen molar-refractivity contribution >= 4 is 16.1 Å². The molecule has 2 fully saturated rings. The highest BCUT2D eigenvalue weighted by Crippen LogP contribution is 2.15. The number of sulfonamides is 1. The fraction of sp³-hybridized carbons (Fsp3) is 0.933. The van der Waals surface area contributed by atoms with Gasteiger partial charge in [-0.3, -0.25) is 0 Å². The minimum atomic E-state index is -3.11. The van der Waals surface area contributed by atoms with E-state index in [0.29, 0.717) is 32.5 Å². The molecule has 2 rings (SSSR count). The maximum absolute atomic E-state index is 11.9. The molecule has 0 aliphatic carbocycles. The lowest BCUT2D eigenvalue weighted by Crippen LogP contribution is -2.50. The fourth-order valence-electron chi connectivity index (χ4n) is 3.39. The van der Waals surface area contributed by atoms with Gasteiger partial charge in [0.05, 0.1) is 6.26 Å². The zero-order chi connectivity index (χ0) is 16.9. The van der Waals surface area contributed by atoms with Gasteiger partial charge in [-0.25, -0.2) is 17.5 Å². The van der Waals surface area contributed by atoms with Crippen LogP contribution in [0.2, 0.25) is 0 Å². The van der Waals surface area contributed by atoms with Crippen molar-refractivity contribution in [1.29, 1.82) is 0 Å². The Balaban J connectivity index is 1.60. The fourth-order valence-corrected chi connectivity index (χ4v) is 4.26. The van der Waals surface area contributed by atoms with Crippen LogP contribution in [0, 0.1) is 5.92 Å². The summed E-state index contributed by atoms with van der Waals surface area (Å²) in [4.78, 5) is 14.3. The SMILES string of the molecule is CC1CCCN(CCNC(=O)NC2CCN(S(C)(=O)=O)CC2)C1. The second kappa shape index (κ2) is 8.30. The molecule has 2 aliphatic heterocycles. The first-order valence-electron chi connectivity index (χ1n) is 8.56. The predicted octanol–water partition coefficient (Wildman–Crippen LogP) is 0.442. The van der Waals surface area contributed by atoms with Gasteiger partial charge in [-0.2, -0.15) is 0 Å². The topological polar surface area (TPSA) is 81.8 Å². The molecule has 2 amide bonds. The number of carbonyl (C=O) groups excluding carboxylic acids is 1. The van der Waals surface area contributed by atoms with E-state index in [4.69, 9.17) is 0 Å². The van der Waals surface area contributed by atoms with Crippen LogP contribution >= 0.6 is 0 Å². The highest BCUT2D eigenvalue weighted by molar-refractivity contribution is 7.88. The second-order valence-corrected chi connectivity index (χ2v) is 8.87. The Kier molecular flexibility index (Phi) is 6.67. The summed E-state index contributed by atoms with van der Waals surface area (Å²) in [6.45, 7) is 7.02. The third-order valence-electron chi connectivity index (χ3n) is 4.71. The molecule has 0 aromatic heterocycles. The zero-order valence-corrected chi connectivity index (χ0v) is 15.1. The first kappa shape index (κ1) is 18.5. The molecule has 2 aliphatic rings. The number of nitrogens with one attached hydrogen (secondary N) is 2. The van der Waals surface area contributed by atoms with E-state index in [9.17, 15) is 13.2 Å². The minimum absolute atomic E-state index is 0.0583. The maximum Gasteiger partial charge on any atom is 0.315 e. The van der Waals surface area contributed by atoms with Crippen LogP contribution in [0.15, 0.2) is 0 Å². The summed E-state index contributed by atoms with van der Waals surface area (Å²) in [5.74, 6) is 0.748. The van der Waals surface area contributed by atoms with Gasteiger partial charge in [-0.15, -0.1) is 0 Å². The third kappa shape index (κ3) is 6.27. The van der Waals surface area contributed by atoms with E-state index in [1.54, 1.807) is 0 Å². The molecule has 0 radical (unpaired) electrons. The highest BCUT2D eigenvalue weighted by atomic mass is 32.2. The summed E-state index contributed by atoms with van der Waals surface area (Å²) in [6, 6.07) is -0.0872. The van der Waals surface area contributed by atoms with E-state index < -0.39 is 10.0 Å². The molecule has 2 heterocycles. The molecule has 1 unspecified atom stereocenters. The summed E-state index contributed by atoms with van der Waals surface area (Å²) in [5, 5.41) is 5.86. The van der Waals surface area contributed by atoms with Crippen molar-refractivity contribution in [2.75, 3.05) is 45.5 Å². The van der Waals surface area contributed by atoms with E-state index in [1.165, 1.54) is 23.4 Å². The van der Waals surface area contributed by atoms with Crippen molar-refractivity contribution < 1.29 is 13.2 Å². The standard InChI is InChI=1S/C15H30N4O3S/c1-13-4-3-8-18(12-13)11-7-16-15(20)17-14-5-9-19(10-6-14)23(2,21)22/h13-14H,3-12H2,1-2H3,(H2,16,17,20). The largest absolute Gasteiger partial charge is 0.337 e. The lowest BCUT2D eigenvalue weighted by molar-refractivity contribution is 0.183. The van der Waals surface area contributed by atoms with Crippen molar-refractivity contribution in [2.45, 2.75) is 38.6 Å². The number of piperidine rings is 2. The van der Waals surface area contributed by atoms with Crippen molar-refractivity contribution in [3.05, 3.63) is 0 Å². The number of nitrogens with zero attached hydrogens (tertiary/aromatic N) is 2. The number of hydrogen-bond donors (Lipinski definition) is 2. The van der Waals surface area contributed by atoms with E-state index in [1.807, 2.05) is 0 Å². The molecule has 1 atom stereocenters. The molecule has 0 aromatic carbocycles. The van der Waals surface area contributed by atoms with E-state index in [0.717, 1.165) is 25.6 Å². The van der Waals surface area contributed by atoms with Gasteiger partial charge in [0.1, 0.15) is 0 Å². The van der Waals surface area contributed by atoms with Crippen LogP contribution in [0.1, 0.15) is 32.6 Å². The Bertz CT molecular complexity index is 489. The number of carbonyl (C=O) groups is 1. The molecular formula is C15H30N4O3S. The van der Waals surface area contributed by atoms with Gasteiger partial charge < -0.3 is 15.5 Å². The first-order chi connectivity index (χ1) is 10.8. The summed E-state index contributed by atoms with van der Waals surface area (Å²) < 4.78 is 24.4. The predicted molar refractivity (Wildman–Crippen MR) is 90.8 cm³/mol. The Morgan fingerprint density at radius 3 is 2.48 bits per heavy atom. The normalized spacial score (nSPS) is 25.2. The Morgan fingerprint density at radius 2 is 1.87 bits per heavy atom. The number of hydrogen-bond acceptors (Lipinski definition) is 4. The molecule has 2 N–H and O–H groups in total. The van der Waals surface area contributed by atoms with Crippen molar-refractivity contribution in [3.63, 3.8) is 0 Å². The molecule has 134 valence electrons. The van der Waals surface area contributed by atoms with Gasteiger partial charge in [-0.05, 0) is 38.1 Å². The Labute approximate surface area is 139 Å². The van der Waals surface area contributed by atoms with Crippen LogP contribution in [-0.4, -0.2) is 75.2 Å². The van der Waals surface area contributed by atoms with E-state index in [2.05, 4.69) is 22.5 Å². The third-order valence-corrected chi connectivity index (χ3v) is 6.02. The molecule has 0 aromatic rings. The van der Waals surface area contributed by atoms with E-state index >= 15 is 0 Å². The van der Waals surface area contributed by atoms with Gasteiger partial charge in [0.2, 0.25) is 10.0 Å². The summed E-state index contributed by atoms with van der Waals surface area (Å²) in [5.41, 5.74) is 0.